The van der Waals surface area contributed by atoms with E-state index >= 15 is 0 Å². The van der Waals surface area contributed by atoms with Gasteiger partial charge in [-0.3, -0.25) is 4.79 Å². The fourth-order valence-electron chi connectivity index (χ4n) is 2.66. The zero-order valence-corrected chi connectivity index (χ0v) is 18.3. The molecule has 0 saturated heterocycles. The van der Waals surface area contributed by atoms with E-state index in [2.05, 4.69) is 4.74 Å². The maximum absolute atomic E-state index is 11.2. The van der Waals surface area contributed by atoms with E-state index in [0.29, 0.717) is 13.0 Å². The van der Waals surface area contributed by atoms with Gasteiger partial charge in [0.05, 0.1) is 6.61 Å². The molecule has 8 heteroatoms. The Morgan fingerprint density at radius 2 is 1.07 bits per heavy atom. The average molecular weight is 448 g/mol. The lowest BCUT2D eigenvalue weighted by atomic mass is 10.0. The number of carbonyl (C=O) groups is 2. The summed E-state index contributed by atoms with van der Waals surface area (Å²) in [6, 6.07) is 0. The number of carboxylic acids is 1. The highest BCUT2D eigenvalue weighted by atomic mass is 35.6. The van der Waals surface area contributed by atoms with Crippen LogP contribution in [0.3, 0.4) is 0 Å². The number of halogens is 3. The number of alkyl halides is 3. The Morgan fingerprint density at radius 1 is 0.667 bits per heavy atom. The van der Waals surface area contributed by atoms with Crippen molar-refractivity contribution in [3.05, 3.63) is 0 Å². The molecular weight excluding hydrogens is 415 g/mol. The highest BCUT2D eigenvalue weighted by Gasteiger charge is 2.22. The number of hydrogen-bond acceptors (Lipinski definition) is 4. The van der Waals surface area contributed by atoms with Crippen LogP contribution in [-0.2, 0) is 14.3 Å². The first-order valence-corrected chi connectivity index (χ1v) is 11.0. The van der Waals surface area contributed by atoms with Crippen LogP contribution in [-0.4, -0.2) is 34.2 Å². The Morgan fingerprint density at radius 3 is 1.48 bits per heavy atom. The number of aliphatic carboxylic acids is 1. The van der Waals surface area contributed by atoms with Crippen LogP contribution in [0.15, 0.2) is 0 Å². The standard InChI is InChI=1S/C19H33Cl3O5/c20-19(21,22)16-27-18(25)26-15-13-11-9-7-5-3-1-2-4-6-8-10-12-14-17(23)24/h1-16H2,(H,23,24). The first-order valence-electron chi connectivity index (χ1n) is 9.89. The van der Waals surface area contributed by atoms with E-state index in [-0.39, 0.29) is 6.61 Å². The first kappa shape index (κ1) is 26.6. The van der Waals surface area contributed by atoms with Gasteiger partial charge in [-0.1, -0.05) is 105 Å². The van der Waals surface area contributed by atoms with E-state index in [1.807, 2.05) is 0 Å². The van der Waals surface area contributed by atoms with Crippen molar-refractivity contribution in [2.24, 2.45) is 0 Å². The molecule has 0 atom stereocenters. The summed E-state index contributed by atoms with van der Waals surface area (Å²) >= 11 is 16.4. The van der Waals surface area contributed by atoms with Gasteiger partial charge in [0.2, 0.25) is 3.79 Å². The first-order chi connectivity index (χ1) is 12.8. The van der Waals surface area contributed by atoms with E-state index in [1.165, 1.54) is 44.9 Å². The molecule has 0 aliphatic rings. The van der Waals surface area contributed by atoms with Crippen LogP contribution in [0.4, 0.5) is 4.79 Å². The molecule has 27 heavy (non-hydrogen) atoms. The third kappa shape index (κ3) is 23.6. The Hall–Kier alpha value is -0.390. The average Bonchev–Trinajstić information content (AvgIpc) is 2.58. The summed E-state index contributed by atoms with van der Waals surface area (Å²) in [6.07, 6.45) is 14.1. The maximum atomic E-state index is 11.2. The van der Waals surface area contributed by atoms with E-state index in [9.17, 15) is 9.59 Å². The molecule has 0 heterocycles. The SMILES string of the molecule is O=C(O)CCCCCCCCCCCCCCCOC(=O)OCC(Cl)(Cl)Cl. The van der Waals surface area contributed by atoms with Crippen molar-refractivity contribution < 1.29 is 24.2 Å². The quantitative estimate of drug-likeness (QED) is 0.147. The largest absolute Gasteiger partial charge is 0.508 e. The molecule has 0 saturated carbocycles. The lowest BCUT2D eigenvalue weighted by Gasteiger charge is -2.11. The highest BCUT2D eigenvalue weighted by molar-refractivity contribution is 6.67. The lowest BCUT2D eigenvalue weighted by molar-refractivity contribution is -0.137. The van der Waals surface area contributed by atoms with Gasteiger partial charge in [-0.2, -0.15) is 0 Å². The zero-order chi connectivity index (χ0) is 20.4. The summed E-state index contributed by atoms with van der Waals surface area (Å²) in [7, 11) is 0. The van der Waals surface area contributed by atoms with Crippen molar-refractivity contribution >= 4 is 46.9 Å². The molecule has 0 aromatic rings. The maximum Gasteiger partial charge on any atom is 0.508 e. The van der Waals surface area contributed by atoms with Crippen LogP contribution in [0.25, 0.3) is 0 Å². The third-order valence-corrected chi connectivity index (χ3v) is 4.44. The van der Waals surface area contributed by atoms with Gasteiger partial charge in [-0.15, -0.1) is 0 Å². The van der Waals surface area contributed by atoms with Crippen molar-refractivity contribution in [3.63, 3.8) is 0 Å². The van der Waals surface area contributed by atoms with E-state index in [4.69, 9.17) is 44.6 Å². The molecule has 0 aromatic heterocycles. The van der Waals surface area contributed by atoms with Gasteiger partial charge in [-0.05, 0) is 12.8 Å². The predicted octanol–water partition coefficient (Wildman–Crippen LogP) is 7.06. The number of carbonyl (C=O) groups excluding carboxylic acids is 1. The van der Waals surface area contributed by atoms with Crippen molar-refractivity contribution in [1.29, 1.82) is 0 Å². The second-order valence-corrected chi connectivity index (χ2v) is 9.26. The van der Waals surface area contributed by atoms with Gasteiger partial charge >= 0.3 is 12.1 Å². The minimum Gasteiger partial charge on any atom is -0.481 e. The van der Waals surface area contributed by atoms with Gasteiger partial charge in [0, 0.05) is 6.42 Å². The molecule has 0 rings (SSSR count). The summed E-state index contributed by atoms with van der Waals surface area (Å²) in [4.78, 5) is 21.6. The highest BCUT2D eigenvalue weighted by Crippen LogP contribution is 2.26. The third-order valence-electron chi connectivity index (χ3n) is 4.11. The van der Waals surface area contributed by atoms with Crippen LogP contribution in [0.2, 0.25) is 0 Å². The molecule has 1 N–H and O–H groups in total. The zero-order valence-electron chi connectivity index (χ0n) is 16.0. The van der Waals surface area contributed by atoms with Gasteiger partial charge in [0.1, 0.15) is 6.61 Å². The Kier molecular flexibility index (Phi) is 17.4. The molecule has 160 valence electrons. The van der Waals surface area contributed by atoms with Crippen LogP contribution in [0.5, 0.6) is 0 Å². The molecule has 0 fully saturated rings. The predicted molar refractivity (Wildman–Crippen MR) is 110 cm³/mol. The molecule has 0 aliphatic heterocycles. The fraction of sp³-hybridized carbons (Fsp3) is 0.895. The van der Waals surface area contributed by atoms with Gasteiger partial charge in [-0.25, -0.2) is 4.79 Å². The van der Waals surface area contributed by atoms with E-state index in [0.717, 1.165) is 38.5 Å². The van der Waals surface area contributed by atoms with Crippen LogP contribution in [0, 0.1) is 0 Å². The Bertz CT molecular complexity index is 386. The summed E-state index contributed by atoms with van der Waals surface area (Å²) < 4.78 is 7.93. The van der Waals surface area contributed by atoms with Crippen LogP contribution in [0.1, 0.15) is 89.9 Å². The number of carboxylic acid groups (broad SMARTS) is 1. The Balaban J connectivity index is 3.17. The molecule has 0 bridgehead atoms. The molecular formula is C19H33Cl3O5. The number of hydrogen-bond donors (Lipinski definition) is 1. The lowest BCUT2D eigenvalue weighted by Crippen LogP contribution is -2.18. The van der Waals surface area contributed by atoms with E-state index < -0.39 is 15.9 Å². The minimum absolute atomic E-state index is 0.299. The van der Waals surface area contributed by atoms with Crippen LogP contribution < -0.4 is 0 Å². The monoisotopic (exact) mass is 446 g/mol. The van der Waals surface area contributed by atoms with Crippen molar-refractivity contribution in [3.8, 4) is 0 Å². The molecule has 0 spiro atoms. The summed E-state index contributed by atoms with van der Waals surface area (Å²) in [5.74, 6) is -0.693. The topological polar surface area (TPSA) is 72.8 Å². The second-order valence-electron chi connectivity index (χ2n) is 6.74. The number of ether oxygens (including phenoxy) is 2. The van der Waals surface area contributed by atoms with Gasteiger partial charge < -0.3 is 14.6 Å². The molecule has 0 aromatic carbocycles. The number of rotatable bonds is 17. The normalized spacial score (nSPS) is 11.4. The Labute approximate surface area is 178 Å². The second kappa shape index (κ2) is 17.7. The van der Waals surface area contributed by atoms with Crippen LogP contribution >= 0.6 is 34.8 Å². The molecule has 0 radical (unpaired) electrons. The summed E-state index contributed by atoms with van der Waals surface area (Å²) in [6.45, 7) is 0.00633. The summed E-state index contributed by atoms with van der Waals surface area (Å²) in [5, 5.41) is 8.55. The van der Waals surface area contributed by atoms with E-state index in [1.54, 1.807) is 0 Å². The van der Waals surface area contributed by atoms with Gasteiger partial charge in [0.15, 0.2) is 0 Å². The molecule has 0 amide bonds. The van der Waals surface area contributed by atoms with Crippen molar-refractivity contribution in [2.75, 3.05) is 13.2 Å². The fourth-order valence-corrected chi connectivity index (χ4v) is 2.82. The minimum atomic E-state index is -1.61. The van der Waals surface area contributed by atoms with Gasteiger partial charge in [0.25, 0.3) is 0 Å². The smallest absolute Gasteiger partial charge is 0.481 e. The molecule has 0 unspecified atom stereocenters. The van der Waals surface area contributed by atoms with Crippen molar-refractivity contribution in [2.45, 2.75) is 93.7 Å². The molecule has 0 aliphatic carbocycles. The molecule has 5 nitrogen and oxygen atoms in total. The summed E-state index contributed by atoms with van der Waals surface area (Å²) in [5.41, 5.74) is 0. The van der Waals surface area contributed by atoms with Crippen molar-refractivity contribution in [1.82, 2.24) is 0 Å². The number of unbranched alkanes of at least 4 members (excludes halogenated alkanes) is 12.